The molecule has 5 N–H and O–H groups in total. The molecule has 4 atom stereocenters. The van der Waals surface area contributed by atoms with Crippen LogP contribution in [0.5, 0.6) is 5.88 Å². The van der Waals surface area contributed by atoms with Crippen LogP contribution in [-0.4, -0.2) is 84.0 Å². The number of aliphatic hydroxyl groups excluding tert-OH is 1. The van der Waals surface area contributed by atoms with Crippen LogP contribution < -0.4 is 30.9 Å². The Balaban J connectivity index is 0.980. The standard InChI is InChI=1S/C27H30N8O6/c28-8-16-6-17(32-25(38)21-7-18(36)10-30-21)5-15-3-14(4-20(15)16)9-29-2-1-19-12-35(27(39)41-19)22-11-31-26-24(33-22)34-23(37)13-40-26/h5-6,11,14,18-19,21,29-30,36H,1-4,7,9-10,12-13H2,(H,32,38)(H,33,34,37)/t14?,18-,19?,21+/m1/s1. The van der Waals surface area contributed by atoms with Gasteiger partial charge in [-0.05, 0) is 68.0 Å². The molecule has 1 aromatic carbocycles. The van der Waals surface area contributed by atoms with Gasteiger partial charge in [-0.25, -0.2) is 14.8 Å². The molecule has 0 bridgehead atoms. The Labute approximate surface area is 235 Å². The van der Waals surface area contributed by atoms with E-state index in [1.165, 1.54) is 11.1 Å². The Kier molecular flexibility index (Phi) is 7.39. The molecule has 4 heterocycles. The smallest absolute Gasteiger partial charge is 0.415 e. The van der Waals surface area contributed by atoms with Crippen LogP contribution in [0.15, 0.2) is 18.3 Å². The van der Waals surface area contributed by atoms with Crippen molar-refractivity contribution < 1.29 is 29.0 Å². The van der Waals surface area contributed by atoms with Crippen LogP contribution in [0.2, 0.25) is 0 Å². The van der Waals surface area contributed by atoms with Crippen molar-refractivity contribution in [3.63, 3.8) is 0 Å². The lowest BCUT2D eigenvalue weighted by atomic mass is 10.0. The molecule has 214 valence electrons. The summed E-state index contributed by atoms with van der Waals surface area (Å²) in [7, 11) is 0. The van der Waals surface area contributed by atoms with Gasteiger partial charge in [0.2, 0.25) is 5.91 Å². The average Bonchev–Trinajstić information content (AvgIpc) is 3.68. The van der Waals surface area contributed by atoms with Gasteiger partial charge in [0.05, 0.1) is 36.5 Å². The average molecular weight is 563 g/mol. The van der Waals surface area contributed by atoms with Gasteiger partial charge in [0.25, 0.3) is 11.8 Å². The summed E-state index contributed by atoms with van der Waals surface area (Å²) in [4.78, 5) is 46.4. The van der Waals surface area contributed by atoms with Crippen LogP contribution in [0.1, 0.15) is 29.5 Å². The monoisotopic (exact) mass is 562 g/mol. The first-order valence-electron chi connectivity index (χ1n) is 13.6. The van der Waals surface area contributed by atoms with Crippen molar-refractivity contribution in [3.8, 4) is 11.9 Å². The van der Waals surface area contributed by atoms with Crippen LogP contribution in [0, 0.1) is 17.2 Å². The largest absolute Gasteiger partial charge is 0.465 e. The molecule has 1 aliphatic carbocycles. The number of ether oxygens (including phenoxy) is 2. The van der Waals surface area contributed by atoms with Crippen molar-refractivity contribution >= 4 is 35.2 Å². The SMILES string of the molecule is N#Cc1cc(NC(=O)[C@@H]2C[C@@H](O)CN2)cc2c1CC(CNCCC1CN(c3cnc4c(n3)NC(=O)CO4)C(=O)O1)C2. The maximum absolute atomic E-state index is 12.6. The summed E-state index contributed by atoms with van der Waals surface area (Å²) in [6.45, 7) is 1.93. The number of aliphatic hydroxyl groups is 1. The van der Waals surface area contributed by atoms with E-state index in [0.29, 0.717) is 49.6 Å². The van der Waals surface area contributed by atoms with Gasteiger partial charge in [-0.3, -0.25) is 14.5 Å². The minimum Gasteiger partial charge on any atom is -0.465 e. The minimum absolute atomic E-state index is 0.127. The van der Waals surface area contributed by atoms with E-state index in [1.807, 2.05) is 6.07 Å². The summed E-state index contributed by atoms with van der Waals surface area (Å²) in [6.07, 6.45) is 2.55. The van der Waals surface area contributed by atoms with Crippen molar-refractivity contribution in [1.82, 2.24) is 20.6 Å². The summed E-state index contributed by atoms with van der Waals surface area (Å²) >= 11 is 0. The number of rotatable bonds is 8. The van der Waals surface area contributed by atoms with Gasteiger partial charge in [0.15, 0.2) is 18.2 Å². The van der Waals surface area contributed by atoms with Crippen LogP contribution in [-0.2, 0) is 27.2 Å². The molecule has 0 saturated carbocycles. The van der Waals surface area contributed by atoms with Crippen molar-refractivity contribution in [3.05, 3.63) is 35.0 Å². The first kappa shape index (κ1) is 26.9. The number of amides is 3. The molecule has 0 spiro atoms. The molecule has 2 saturated heterocycles. The van der Waals surface area contributed by atoms with Crippen molar-refractivity contribution in [2.75, 3.05) is 48.3 Å². The first-order chi connectivity index (χ1) is 19.9. The quantitative estimate of drug-likeness (QED) is 0.273. The van der Waals surface area contributed by atoms with Crippen LogP contribution >= 0.6 is 0 Å². The van der Waals surface area contributed by atoms with Crippen LogP contribution in [0.3, 0.4) is 0 Å². The maximum atomic E-state index is 12.6. The number of nitriles is 1. The molecule has 14 heteroatoms. The Morgan fingerprint density at radius 1 is 1.29 bits per heavy atom. The van der Waals surface area contributed by atoms with E-state index in [0.717, 1.165) is 30.5 Å². The lowest BCUT2D eigenvalue weighted by Crippen LogP contribution is -2.35. The number of aromatic nitrogens is 2. The van der Waals surface area contributed by atoms with Gasteiger partial charge in [0.1, 0.15) is 6.10 Å². The highest BCUT2D eigenvalue weighted by atomic mass is 16.6. The summed E-state index contributed by atoms with van der Waals surface area (Å²) in [6, 6.07) is 5.47. The second-order valence-corrected chi connectivity index (χ2v) is 10.7. The molecule has 3 aliphatic heterocycles. The number of nitrogens with zero attached hydrogens (tertiary/aromatic N) is 4. The van der Waals surface area contributed by atoms with Crippen molar-refractivity contribution in [1.29, 1.82) is 5.26 Å². The van der Waals surface area contributed by atoms with Crippen LogP contribution in [0.4, 0.5) is 22.1 Å². The molecule has 0 radical (unpaired) electrons. The number of fused-ring (bicyclic) bond motifs is 2. The zero-order chi connectivity index (χ0) is 28.5. The predicted molar refractivity (Wildman–Crippen MR) is 144 cm³/mol. The van der Waals surface area contributed by atoms with Gasteiger partial charge in [-0.1, -0.05) is 0 Å². The normalized spacial score (nSPS) is 24.6. The molecule has 14 nitrogen and oxygen atoms in total. The molecule has 4 aliphatic rings. The Bertz CT molecular complexity index is 1430. The Morgan fingerprint density at radius 3 is 2.98 bits per heavy atom. The molecule has 2 fully saturated rings. The molecule has 3 amide bonds. The minimum atomic E-state index is -0.530. The summed E-state index contributed by atoms with van der Waals surface area (Å²) < 4.78 is 10.7. The maximum Gasteiger partial charge on any atom is 0.415 e. The number of anilines is 3. The van der Waals surface area contributed by atoms with Gasteiger partial charge < -0.3 is 35.8 Å². The van der Waals surface area contributed by atoms with E-state index in [4.69, 9.17) is 9.47 Å². The van der Waals surface area contributed by atoms with Gasteiger partial charge in [-0.15, -0.1) is 0 Å². The Morgan fingerprint density at radius 2 is 2.17 bits per heavy atom. The van der Waals surface area contributed by atoms with Gasteiger partial charge in [0, 0.05) is 12.2 Å². The molecule has 6 rings (SSSR count). The number of carbonyl (C=O) groups excluding carboxylic acids is 3. The fourth-order valence-electron chi connectivity index (χ4n) is 5.71. The highest BCUT2D eigenvalue weighted by Gasteiger charge is 2.34. The van der Waals surface area contributed by atoms with Crippen LogP contribution in [0.25, 0.3) is 0 Å². The topological polar surface area (TPSA) is 191 Å². The fraction of sp³-hybridized carbons (Fsp3) is 0.481. The Hall–Kier alpha value is -4.32. The third kappa shape index (κ3) is 5.78. The number of cyclic esters (lactones) is 1. The zero-order valence-corrected chi connectivity index (χ0v) is 22.2. The fourth-order valence-corrected chi connectivity index (χ4v) is 5.71. The third-order valence-electron chi connectivity index (χ3n) is 7.71. The molecular formula is C27H30N8O6. The van der Waals surface area contributed by atoms with E-state index in [2.05, 4.69) is 37.3 Å². The number of benzene rings is 1. The number of carbonyl (C=O) groups is 3. The highest BCUT2D eigenvalue weighted by Crippen LogP contribution is 2.32. The predicted octanol–water partition coefficient (Wildman–Crippen LogP) is 0.0604. The molecule has 41 heavy (non-hydrogen) atoms. The van der Waals surface area contributed by atoms with Crippen molar-refractivity contribution in [2.24, 2.45) is 5.92 Å². The molecule has 2 unspecified atom stereocenters. The highest BCUT2D eigenvalue weighted by molar-refractivity contribution is 5.96. The molecule has 2 aromatic rings. The van der Waals surface area contributed by atoms with Gasteiger partial charge in [-0.2, -0.15) is 5.26 Å². The summed E-state index contributed by atoms with van der Waals surface area (Å²) in [5, 5.41) is 31.3. The number of hydrogen-bond donors (Lipinski definition) is 5. The summed E-state index contributed by atoms with van der Waals surface area (Å²) in [5.41, 5.74) is 3.22. The number of nitrogens with one attached hydrogen (secondary N) is 4. The first-order valence-corrected chi connectivity index (χ1v) is 13.6. The lowest BCUT2D eigenvalue weighted by molar-refractivity contribution is -0.119. The van der Waals surface area contributed by atoms with E-state index in [1.54, 1.807) is 6.07 Å². The third-order valence-corrected chi connectivity index (χ3v) is 7.71. The van der Waals surface area contributed by atoms with Gasteiger partial charge >= 0.3 is 6.09 Å². The van der Waals surface area contributed by atoms with E-state index < -0.39 is 18.2 Å². The molecular weight excluding hydrogens is 532 g/mol. The van der Waals surface area contributed by atoms with E-state index in [9.17, 15) is 24.8 Å². The van der Waals surface area contributed by atoms with E-state index >= 15 is 0 Å². The van der Waals surface area contributed by atoms with Crippen molar-refractivity contribution in [2.45, 2.75) is 43.9 Å². The second kappa shape index (κ2) is 11.3. The van der Waals surface area contributed by atoms with E-state index in [-0.39, 0.29) is 42.0 Å². The zero-order valence-electron chi connectivity index (χ0n) is 22.2. The second-order valence-electron chi connectivity index (χ2n) is 10.7. The lowest BCUT2D eigenvalue weighted by Gasteiger charge is -2.18. The number of β-amino-alcohol motifs (C(OH)–C–C–N with tert-alkyl or cyclic N) is 1. The summed E-state index contributed by atoms with van der Waals surface area (Å²) in [5.74, 6) is 0.402. The number of hydrogen-bond acceptors (Lipinski definition) is 11. The molecule has 1 aromatic heterocycles.